The van der Waals surface area contributed by atoms with Crippen LogP contribution in [0.3, 0.4) is 0 Å². The van der Waals surface area contributed by atoms with E-state index >= 15 is 0 Å². The summed E-state index contributed by atoms with van der Waals surface area (Å²) in [7, 11) is 1.53. The van der Waals surface area contributed by atoms with Gasteiger partial charge < -0.3 is 24.7 Å². The predicted molar refractivity (Wildman–Crippen MR) is 132 cm³/mol. The van der Waals surface area contributed by atoms with Gasteiger partial charge in [0.25, 0.3) is 5.91 Å². The maximum absolute atomic E-state index is 14.4. The van der Waals surface area contributed by atoms with Crippen LogP contribution in [0.2, 0.25) is 0 Å². The summed E-state index contributed by atoms with van der Waals surface area (Å²) in [6.07, 6.45) is 2.86. The van der Waals surface area contributed by atoms with Crippen LogP contribution in [-0.4, -0.2) is 81.8 Å². The normalized spacial score (nSPS) is 32.6. The third kappa shape index (κ3) is 2.93. The number of allylic oxidation sites excluding steroid dienone is 2. The Kier molecular flexibility index (Phi) is 5.57. The molecular weight excluding hydrogens is 462 g/mol. The Balaban J connectivity index is 1.79. The quantitative estimate of drug-likeness (QED) is 0.613. The molecule has 36 heavy (non-hydrogen) atoms. The van der Waals surface area contributed by atoms with Crippen molar-refractivity contribution in [1.29, 1.82) is 0 Å². The molecule has 4 heterocycles. The van der Waals surface area contributed by atoms with Gasteiger partial charge in [0.2, 0.25) is 17.5 Å². The second-order valence-corrected chi connectivity index (χ2v) is 10.6. The van der Waals surface area contributed by atoms with Gasteiger partial charge in [-0.25, -0.2) is 0 Å². The number of anilines is 1. The molecule has 4 aliphatic rings. The molecule has 2 N–H and O–H groups in total. The standard InChI is InChI=1S/C27H33N3O6/c1-15(2)10-12-29-20-14-17(36-5)8-9-18(20)26(24(29)33)21(13-16(3)4)30-22(31)19-7-6-11-28(19)25(34)27(30,35)23(26)32/h8-10,13-14,19,21,23,32,35H,6-7,11-12H2,1-5H3/t19-,21-,23-,26-,27+/m0/s1. The van der Waals surface area contributed by atoms with Gasteiger partial charge in [-0.3, -0.25) is 19.3 Å². The molecule has 0 radical (unpaired) electrons. The van der Waals surface area contributed by atoms with Crippen LogP contribution >= 0.6 is 0 Å². The number of carbonyl (C=O) groups is 3. The summed E-state index contributed by atoms with van der Waals surface area (Å²) in [6.45, 7) is 8.05. The maximum atomic E-state index is 14.4. The Bertz CT molecular complexity index is 1220. The minimum Gasteiger partial charge on any atom is -0.497 e. The zero-order valence-corrected chi connectivity index (χ0v) is 21.3. The number of nitrogens with zero attached hydrogens (tertiary/aromatic N) is 3. The van der Waals surface area contributed by atoms with Crippen molar-refractivity contribution in [2.24, 2.45) is 0 Å². The number of ether oxygens (including phenoxy) is 1. The minimum absolute atomic E-state index is 0.229. The Morgan fingerprint density at radius 1 is 1.14 bits per heavy atom. The zero-order chi connectivity index (χ0) is 26.2. The van der Waals surface area contributed by atoms with Crippen LogP contribution in [0.25, 0.3) is 0 Å². The van der Waals surface area contributed by atoms with Gasteiger partial charge in [-0.2, -0.15) is 0 Å². The van der Waals surface area contributed by atoms with Crippen molar-refractivity contribution in [1.82, 2.24) is 9.80 Å². The van der Waals surface area contributed by atoms with Crippen LogP contribution in [0.5, 0.6) is 5.75 Å². The van der Waals surface area contributed by atoms with Crippen molar-refractivity contribution >= 4 is 23.4 Å². The molecule has 5 atom stereocenters. The first-order chi connectivity index (χ1) is 17.0. The van der Waals surface area contributed by atoms with Crippen LogP contribution in [0.4, 0.5) is 5.69 Å². The molecule has 9 nitrogen and oxygen atoms in total. The van der Waals surface area contributed by atoms with Crippen LogP contribution in [-0.2, 0) is 19.8 Å². The summed E-state index contributed by atoms with van der Waals surface area (Å²) in [4.78, 5) is 45.9. The van der Waals surface area contributed by atoms with Crippen LogP contribution < -0.4 is 9.64 Å². The second kappa shape index (κ2) is 8.18. The largest absolute Gasteiger partial charge is 0.497 e. The summed E-state index contributed by atoms with van der Waals surface area (Å²) < 4.78 is 5.41. The average molecular weight is 496 g/mol. The Labute approximate surface area is 210 Å². The predicted octanol–water partition coefficient (Wildman–Crippen LogP) is 1.48. The molecule has 9 heteroatoms. The summed E-state index contributed by atoms with van der Waals surface area (Å²) in [5.74, 6) is -1.12. The lowest BCUT2D eigenvalue weighted by molar-refractivity contribution is -0.206. The van der Waals surface area contributed by atoms with Crippen molar-refractivity contribution in [3.05, 3.63) is 47.1 Å². The highest BCUT2D eigenvalue weighted by Crippen LogP contribution is 2.58. The van der Waals surface area contributed by atoms with Gasteiger partial charge in [0.1, 0.15) is 23.3 Å². The van der Waals surface area contributed by atoms with Gasteiger partial charge >= 0.3 is 0 Å². The van der Waals surface area contributed by atoms with E-state index in [9.17, 15) is 24.6 Å². The molecule has 0 bridgehead atoms. The van der Waals surface area contributed by atoms with Crippen LogP contribution in [0.15, 0.2) is 41.5 Å². The summed E-state index contributed by atoms with van der Waals surface area (Å²) in [6, 6.07) is 3.34. The lowest BCUT2D eigenvalue weighted by Crippen LogP contribution is -2.72. The van der Waals surface area contributed by atoms with E-state index in [1.807, 2.05) is 33.8 Å². The van der Waals surface area contributed by atoms with Crippen molar-refractivity contribution in [2.75, 3.05) is 25.1 Å². The molecule has 0 saturated carbocycles. The smallest absolute Gasteiger partial charge is 0.279 e. The second-order valence-electron chi connectivity index (χ2n) is 10.6. The summed E-state index contributed by atoms with van der Waals surface area (Å²) in [5.41, 5.74) is -1.57. The molecule has 0 unspecified atom stereocenters. The van der Waals surface area contributed by atoms with E-state index in [0.717, 1.165) is 16.0 Å². The van der Waals surface area contributed by atoms with Gasteiger partial charge in [-0.15, -0.1) is 0 Å². The number of benzene rings is 1. The van der Waals surface area contributed by atoms with Crippen LogP contribution in [0, 0.1) is 0 Å². The third-order valence-electron chi connectivity index (χ3n) is 7.99. The molecule has 192 valence electrons. The van der Waals surface area contributed by atoms with Gasteiger partial charge in [-0.1, -0.05) is 29.4 Å². The van der Waals surface area contributed by atoms with E-state index in [4.69, 9.17) is 4.74 Å². The lowest BCUT2D eigenvalue weighted by Gasteiger charge is -2.45. The summed E-state index contributed by atoms with van der Waals surface area (Å²) in [5, 5.41) is 23.9. The molecule has 1 spiro atoms. The van der Waals surface area contributed by atoms with Gasteiger partial charge in [0, 0.05) is 19.2 Å². The molecule has 0 aromatic heterocycles. The average Bonchev–Trinajstić information content (AvgIpc) is 3.46. The number of rotatable bonds is 4. The Morgan fingerprint density at radius 3 is 2.50 bits per heavy atom. The van der Waals surface area contributed by atoms with E-state index in [1.54, 1.807) is 24.3 Å². The third-order valence-corrected chi connectivity index (χ3v) is 7.99. The lowest BCUT2D eigenvalue weighted by atomic mass is 9.71. The van der Waals surface area contributed by atoms with Crippen molar-refractivity contribution in [2.45, 2.75) is 69.9 Å². The number of hydrogen-bond donors (Lipinski definition) is 2. The molecule has 0 aliphatic carbocycles. The van der Waals surface area contributed by atoms with E-state index in [0.29, 0.717) is 36.4 Å². The number of fused-ring (bicyclic) bond motifs is 4. The molecule has 1 aromatic carbocycles. The molecule has 3 fully saturated rings. The van der Waals surface area contributed by atoms with Gasteiger partial charge in [0.05, 0.1) is 18.8 Å². The first kappa shape index (κ1) is 24.5. The van der Waals surface area contributed by atoms with Crippen LogP contribution in [0.1, 0.15) is 46.1 Å². The highest BCUT2D eigenvalue weighted by Gasteiger charge is 2.79. The summed E-state index contributed by atoms with van der Waals surface area (Å²) >= 11 is 0. The molecule has 3 saturated heterocycles. The van der Waals surface area contributed by atoms with Crippen molar-refractivity contribution in [3.63, 3.8) is 0 Å². The van der Waals surface area contributed by atoms with Crippen molar-refractivity contribution < 1.29 is 29.3 Å². The number of aliphatic hydroxyl groups excluding tert-OH is 1. The molecule has 3 amide bonds. The number of hydrogen-bond acceptors (Lipinski definition) is 6. The monoisotopic (exact) mass is 495 g/mol. The van der Waals surface area contributed by atoms with Gasteiger partial charge in [-0.05, 0) is 52.2 Å². The molecule has 1 aromatic rings. The van der Waals surface area contributed by atoms with E-state index in [1.165, 1.54) is 16.9 Å². The fraction of sp³-hybridized carbons (Fsp3) is 0.519. The number of carbonyl (C=O) groups excluding carboxylic acids is 3. The molecular formula is C27H33N3O6. The minimum atomic E-state index is -2.56. The zero-order valence-electron chi connectivity index (χ0n) is 21.3. The van der Waals surface area contributed by atoms with E-state index < -0.39 is 47.0 Å². The Hall–Kier alpha value is -3.17. The maximum Gasteiger partial charge on any atom is 0.279 e. The fourth-order valence-electron chi connectivity index (χ4n) is 6.38. The number of piperazine rings is 1. The highest BCUT2D eigenvalue weighted by atomic mass is 16.5. The van der Waals surface area contributed by atoms with E-state index in [2.05, 4.69) is 0 Å². The number of amides is 3. The number of methoxy groups -OCH3 is 1. The Morgan fingerprint density at radius 2 is 1.86 bits per heavy atom. The first-order valence-corrected chi connectivity index (χ1v) is 12.3. The highest BCUT2D eigenvalue weighted by molar-refractivity contribution is 6.13. The first-order valence-electron chi connectivity index (χ1n) is 12.3. The fourth-order valence-corrected chi connectivity index (χ4v) is 6.38. The number of aliphatic hydroxyl groups is 2. The topological polar surface area (TPSA) is 111 Å². The molecule has 4 aliphatic heterocycles. The van der Waals surface area contributed by atoms with Crippen molar-refractivity contribution in [3.8, 4) is 5.75 Å². The van der Waals surface area contributed by atoms with E-state index in [-0.39, 0.29) is 6.54 Å². The van der Waals surface area contributed by atoms with Gasteiger partial charge in [0.15, 0.2) is 0 Å². The molecule has 5 rings (SSSR count). The SMILES string of the molecule is COc1ccc2c(c1)N(CC=C(C)C)C(=O)[C@]21[C@H](C=C(C)C)N2C(=O)[C@@H]3CCCN3C(=O)[C@]2(O)[C@H]1O.